The van der Waals surface area contributed by atoms with Gasteiger partial charge < -0.3 is 10.6 Å². The van der Waals surface area contributed by atoms with Crippen molar-refractivity contribution in [1.29, 1.82) is 0 Å². The third-order valence-corrected chi connectivity index (χ3v) is 7.33. The van der Waals surface area contributed by atoms with Crippen molar-refractivity contribution in [2.24, 2.45) is 0 Å². The van der Waals surface area contributed by atoms with E-state index < -0.39 is 23.8 Å². The summed E-state index contributed by atoms with van der Waals surface area (Å²) in [5, 5.41) is 2.23. The second kappa shape index (κ2) is 9.30. The van der Waals surface area contributed by atoms with Crippen LogP contribution in [0.1, 0.15) is 58.3 Å². The summed E-state index contributed by atoms with van der Waals surface area (Å²) in [6.45, 7) is 1.83. The number of nitrogens with zero attached hydrogens (tertiary/aromatic N) is 5. The van der Waals surface area contributed by atoms with Crippen LogP contribution in [0.15, 0.2) is 73.3 Å². The molecule has 0 saturated heterocycles. The molecular formula is C29H23F3N6O. The fraction of sp³-hybridized carbons (Fsp3) is 0.207. The molecule has 1 aliphatic carbocycles. The average Bonchev–Trinajstić information content (AvgIpc) is 3.36. The number of hydrogen-bond donors (Lipinski definition) is 1. The number of aromatic nitrogens is 4. The van der Waals surface area contributed by atoms with E-state index in [0.717, 1.165) is 22.2 Å². The lowest BCUT2D eigenvalue weighted by Gasteiger charge is -2.34. The minimum Gasteiger partial charge on any atom is -0.383 e. The Morgan fingerprint density at radius 2 is 1.82 bits per heavy atom. The van der Waals surface area contributed by atoms with Crippen LogP contribution in [0, 0.1) is 0 Å². The predicted molar refractivity (Wildman–Crippen MR) is 141 cm³/mol. The molecule has 0 spiro atoms. The van der Waals surface area contributed by atoms with Gasteiger partial charge in [-0.05, 0) is 73.4 Å². The van der Waals surface area contributed by atoms with Crippen molar-refractivity contribution in [3.63, 3.8) is 0 Å². The Morgan fingerprint density at radius 3 is 2.59 bits per heavy atom. The zero-order valence-corrected chi connectivity index (χ0v) is 20.9. The molecule has 3 heterocycles. The first-order valence-electron chi connectivity index (χ1n) is 12.4. The number of nitrogens with two attached hydrogens (primary N) is 1. The summed E-state index contributed by atoms with van der Waals surface area (Å²) in [5.41, 5.74) is 7.76. The number of carbonyl (C=O) groups excluding carboxylic acids is 1. The fourth-order valence-corrected chi connectivity index (χ4v) is 5.45. The second-order valence-corrected chi connectivity index (χ2v) is 9.61. The molecule has 0 fully saturated rings. The molecule has 2 atom stereocenters. The Bertz CT molecular complexity index is 1720. The molecule has 0 aliphatic heterocycles. The molecule has 39 heavy (non-hydrogen) atoms. The van der Waals surface area contributed by atoms with Crippen molar-refractivity contribution >= 4 is 33.4 Å². The first-order valence-corrected chi connectivity index (χ1v) is 12.4. The Hall–Kier alpha value is -4.60. The largest absolute Gasteiger partial charge is 0.416 e. The lowest BCUT2D eigenvalue weighted by Crippen LogP contribution is -2.37. The van der Waals surface area contributed by atoms with E-state index in [1.54, 1.807) is 60.0 Å². The number of anilines is 1. The van der Waals surface area contributed by atoms with Gasteiger partial charge in [0.1, 0.15) is 11.6 Å². The van der Waals surface area contributed by atoms with Gasteiger partial charge in [-0.25, -0.2) is 15.0 Å². The molecule has 3 aromatic heterocycles. The number of hydrogen-bond acceptors (Lipinski definition) is 6. The maximum Gasteiger partial charge on any atom is 0.416 e. The number of carbonyl (C=O) groups is 1. The van der Waals surface area contributed by atoms with E-state index in [1.165, 1.54) is 12.1 Å². The molecule has 1 amide bonds. The van der Waals surface area contributed by atoms with Crippen LogP contribution in [0.25, 0.3) is 21.7 Å². The highest BCUT2D eigenvalue weighted by molar-refractivity contribution is 6.11. The van der Waals surface area contributed by atoms with Gasteiger partial charge in [0.15, 0.2) is 0 Å². The molecule has 2 aromatic carbocycles. The Labute approximate surface area is 221 Å². The number of alkyl halides is 3. The lowest BCUT2D eigenvalue weighted by molar-refractivity contribution is -0.137. The number of halogens is 3. The Balaban J connectivity index is 1.47. The van der Waals surface area contributed by atoms with Gasteiger partial charge in [0.2, 0.25) is 0 Å². The number of amides is 1. The first kappa shape index (κ1) is 24.7. The highest BCUT2D eigenvalue weighted by atomic mass is 19.4. The molecule has 196 valence electrons. The summed E-state index contributed by atoms with van der Waals surface area (Å²) in [5.74, 6) is 0.524. The smallest absolute Gasteiger partial charge is 0.383 e. The summed E-state index contributed by atoms with van der Waals surface area (Å²) in [7, 11) is 0. The van der Waals surface area contributed by atoms with Gasteiger partial charge in [-0.3, -0.25) is 9.78 Å². The van der Waals surface area contributed by atoms with Crippen LogP contribution < -0.4 is 5.73 Å². The van der Waals surface area contributed by atoms with Crippen molar-refractivity contribution in [3.8, 4) is 0 Å². The van der Waals surface area contributed by atoms with Gasteiger partial charge in [-0.15, -0.1) is 0 Å². The minimum atomic E-state index is -4.44. The van der Waals surface area contributed by atoms with Crippen LogP contribution in [0.4, 0.5) is 19.0 Å². The summed E-state index contributed by atoms with van der Waals surface area (Å²) in [6.07, 6.45) is 3.00. The highest BCUT2D eigenvalue weighted by Crippen LogP contribution is 2.43. The monoisotopic (exact) mass is 528 g/mol. The predicted octanol–water partition coefficient (Wildman–Crippen LogP) is 6.06. The number of rotatable bonds is 4. The van der Waals surface area contributed by atoms with Gasteiger partial charge in [0.25, 0.3) is 5.91 Å². The molecular weight excluding hydrogens is 505 g/mol. The van der Waals surface area contributed by atoms with Crippen LogP contribution in [-0.4, -0.2) is 30.7 Å². The standard InChI is InChI=1S/C29H23F3N6O/c1-16(27-35-10-2-11-36-27)38(25-8-4-17-13-19(29(30,31)32)5-6-20(17)25)28(39)18-3-7-24-22(14-18)23-15-34-12-9-21(23)26(33)37-24/h2-3,5-7,9-16,25H,4,8H2,1H3,(H2,33,37)/t16-,25-/m1/s1. The zero-order chi connectivity index (χ0) is 27.3. The van der Waals surface area contributed by atoms with Crippen LogP contribution in [-0.2, 0) is 12.6 Å². The summed E-state index contributed by atoms with van der Waals surface area (Å²) in [4.78, 5) is 33.4. The average molecular weight is 529 g/mol. The van der Waals surface area contributed by atoms with Crippen molar-refractivity contribution in [3.05, 3.63) is 101 Å². The first-order chi connectivity index (χ1) is 18.7. The van der Waals surface area contributed by atoms with Gasteiger partial charge in [-0.1, -0.05) is 6.07 Å². The second-order valence-electron chi connectivity index (χ2n) is 9.61. The van der Waals surface area contributed by atoms with Crippen LogP contribution in [0.2, 0.25) is 0 Å². The normalized spacial score (nSPS) is 15.8. The van der Waals surface area contributed by atoms with Crippen molar-refractivity contribution in [1.82, 2.24) is 24.8 Å². The number of benzene rings is 2. The van der Waals surface area contributed by atoms with Gasteiger partial charge in [0, 0.05) is 46.5 Å². The summed E-state index contributed by atoms with van der Waals surface area (Å²) < 4.78 is 40.1. The SMILES string of the molecule is C[C@H](c1ncccn1)N(C(=O)c1ccc2nc(N)c3ccncc3c2c1)[C@@H]1CCc2cc(C(F)(F)F)ccc21. The maximum atomic E-state index is 14.3. The van der Waals surface area contributed by atoms with Crippen molar-refractivity contribution in [2.45, 2.75) is 38.0 Å². The fourth-order valence-electron chi connectivity index (χ4n) is 5.45. The number of fused-ring (bicyclic) bond motifs is 4. The number of nitrogen functional groups attached to an aromatic ring is 1. The Morgan fingerprint density at radius 1 is 1.03 bits per heavy atom. The van der Waals surface area contributed by atoms with E-state index in [0.29, 0.717) is 46.7 Å². The van der Waals surface area contributed by atoms with E-state index in [2.05, 4.69) is 19.9 Å². The minimum absolute atomic E-state index is 0.288. The molecule has 2 N–H and O–H groups in total. The molecule has 0 unspecified atom stereocenters. The zero-order valence-electron chi connectivity index (χ0n) is 20.9. The number of pyridine rings is 2. The van der Waals surface area contributed by atoms with Crippen molar-refractivity contribution in [2.75, 3.05) is 5.73 Å². The Kier molecular flexibility index (Phi) is 5.90. The quantitative estimate of drug-likeness (QED) is 0.285. The molecule has 0 saturated carbocycles. The van der Waals surface area contributed by atoms with Gasteiger partial charge >= 0.3 is 6.18 Å². The third-order valence-electron chi connectivity index (χ3n) is 7.33. The highest BCUT2D eigenvalue weighted by Gasteiger charge is 2.38. The van der Waals surface area contributed by atoms with Crippen LogP contribution in [0.5, 0.6) is 0 Å². The van der Waals surface area contributed by atoms with Crippen molar-refractivity contribution < 1.29 is 18.0 Å². The van der Waals surface area contributed by atoms with E-state index in [4.69, 9.17) is 5.73 Å². The van der Waals surface area contributed by atoms with E-state index >= 15 is 0 Å². The van der Waals surface area contributed by atoms with Gasteiger partial charge in [-0.2, -0.15) is 13.2 Å². The van der Waals surface area contributed by atoms with Crippen LogP contribution >= 0.6 is 0 Å². The lowest BCUT2D eigenvalue weighted by atomic mass is 10.00. The molecule has 1 aliphatic rings. The molecule has 7 nitrogen and oxygen atoms in total. The van der Waals surface area contributed by atoms with Crippen LogP contribution in [0.3, 0.4) is 0 Å². The topological polar surface area (TPSA) is 97.9 Å². The third kappa shape index (κ3) is 4.31. The van der Waals surface area contributed by atoms with Gasteiger partial charge in [0.05, 0.1) is 23.2 Å². The van der Waals surface area contributed by atoms with E-state index in [9.17, 15) is 18.0 Å². The molecule has 10 heteroatoms. The number of aryl methyl sites for hydroxylation is 1. The molecule has 0 radical (unpaired) electrons. The van der Waals surface area contributed by atoms with E-state index in [-0.39, 0.29) is 5.91 Å². The molecule has 6 rings (SSSR count). The summed E-state index contributed by atoms with van der Waals surface area (Å²) in [6, 6.07) is 11.4. The summed E-state index contributed by atoms with van der Waals surface area (Å²) >= 11 is 0. The van der Waals surface area contributed by atoms with E-state index in [1.807, 2.05) is 6.92 Å². The molecule has 0 bridgehead atoms. The maximum absolute atomic E-state index is 14.3. The molecule has 5 aromatic rings.